The maximum Gasteiger partial charge on any atom is 0.262 e. The first-order valence-electron chi connectivity index (χ1n) is 8.53. The summed E-state index contributed by atoms with van der Waals surface area (Å²) in [6, 6.07) is 19.1. The van der Waals surface area contributed by atoms with E-state index in [4.69, 9.17) is 4.74 Å². The predicted octanol–water partition coefficient (Wildman–Crippen LogP) is 5.24. The van der Waals surface area contributed by atoms with Crippen molar-refractivity contribution in [1.29, 1.82) is 0 Å². The van der Waals surface area contributed by atoms with E-state index < -0.39 is 15.8 Å². The fraction of sp³-hybridized carbons (Fsp3) is 0.143. The SMILES string of the molecule is COc1cc(S(=O)(=O)Nc2ccc(CSc3ccccc3)cc2C)ccc1F. The van der Waals surface area contributed by atoms with Crippen molar-refractivity contribution in [3.63, 3.8) is 0 Å². The molecule has 0 aromatic heterocycles. The highest BCUT2D eigenvalue weighted by Crippen LogP contribution is 2.27. The average molecular weight is 418 g/mol. The molecule has 4 nitrogen and oxygen atoms in total. The Morgan fingerprint density at radius 3 is 2.46 bits per heavy atom. The van der Waals surface area contributed by atoms with E-state index in [1.807, 2.05) is 37.3 Å². The predicted molar refractivity (Wildman–Crippen MR) is 111 cm³/mol. The van der Waals surface area contributed by atoms with Crippen molar-refractivity contribution in [3.8, 4) is 5.75 Å². The molecule has 0 amide bonds. The van der Waals surface area contributed by atoms with Crippen molar-refractivity contribution in [3.05, 3.63) is 83.7 Å². The van der Waals surface area contributed by atoms with Crippen LogP contribution in [0.1, 0.15) is 11.1 Å². The van der Waals surface area contributed by atoms with E-state index >= 15 is 0 Å². The van der Waals surface area contributed by atoms with Crippen LogP contribution in [-0.4, -0.2) is 15.5 Å². The number of thioether (sulfide) groups is 1. The van der Waals surface area contributed by atoms with Crippen molar-refractivity contribution in [2.24, 2.45) is 0 Å². The van der Waals surface area contributed by atoms with Gasteiger partial charge in [0.05, 0.1) is 17.7 Å². The fourth-order valence-electron chi connectivity index (χ4n) is 2.62. The molecule has 0 atom stereocenters. The van der Waals surface area contributed by atoms with Gasteiger partial charge in [-0.25, -0.2) is 12.8 Å². The lowest BCUT2D eigenvalue weighted by Gasteiger charge is -2.13. The minimum Gasteiger partial charge on any atom is -0.494 e. The number of hydrogen-bond donors (Lipinski definition) is 1. The van der Waals surface area contributed by atoms with Crippen LogP contribution in [0.15, 0.2) is 76.5 Å². The summed E-state index contributed by atoms with van der Waals surface area (Å²) in [6.07, 6.45) is 0. The van der Waals surface area contributed by atoms with Gasteiger partial charge in [-0.2, -0.15) is 0 Å². The third kappa shape index (κ3) is 4.85. The number of methoxy groups -OCH3 is 1. The first-order valence-corrected chi connectivity index (χ1v) is 11.0. The first kappa shape index (κ1) is 20.2. The zero-order valence-electron chi connectivity index (χ0n) is 15.5. The molecule has 0 aliphatic carbocycles. The standard InChI is InChI=1S/C21H20FNO3S2/c1-15-12-16(14-27-17-6-4-3-5-7-17)8-11-20(15)23-28(24,25)18-9-10-19(22)21(13-18)26-2/h3-13,23H,14H2,1-2H3. The van der Waals surface area contributed by atoms with Gasteiger partial charge in [0.15, 0.2) is 11.6 Å². The molecule has 0 saturated heterocycles. The number of nitrogens with one attached hydrogen (secondary N) is 1. The highest BCUT2D eigenvalue weighted by atomic mass is 32.2. The van der Waals surface area contributed by atoms with Gasteiger partial charge in [0.2, 0.25) is 0 Å². The third-order valence-electron chi connectivity index (χ3n) is 4.12. The minimum atomic E-state index is -3.86. The lowest BCUT2D eigenvalue weighted by atomic mass is 10.1. The van der Waals surface area contributed by atoms with E-state index in [0.29, 0.717) is 5.69 Å². The van der Waals surface area contributed by atoms with Crippen LogP contribution < -0.4 is 9.46 Å². The largest absolute Gasteiger partial charge is 0.494 e. The fourth-order valence-corrected chi connectivity index (χ4v) is 4.63. The second-order valence-corrected chi connectivity index (χ2v) is 8.88. The van der Waals surface area contributed by atoms with Crippen LogP contribution in [0.4, 0.5) is 10.1 Å². The van der Waals surface area contributed by atoms with Gasteiger partial charge in [0.25, 0.3) is 10.0 Å². The summed E-state index contributed by atoms with van der Waals surface area (Å²) in [5, 5.41) is 0. The van der Waals surface area contributed by atoms with Crippen molar-refractivity contribution in [2.45, 2.75) is 22.5 Å². The van der Waals surface area contributed by atoms with Crippen molar-refractivity contribution < 1.29 is 17.5 Å². The average Bonchev–Trinajstić information content (AvgIpc) is 2.69. The van der Waals surface area contributed by atoms with E-state index in [1.54, 1.807) is 17.8 Å². The number of aryl methyl sites for hydroxylation is 1. The van der Waals surface area contributed by atoms with Crippen LogP contribution in [-0.2, 0) is 15.8 Å². The molecule has 7 heteroatoms. The Morgan fingerprint density at radius 2 is 1.79 bits per heavy atom. The normalized spacial score (nSPS) is 11.2. The van der Waals surface area contributed by atoms with Crippen molar-refractivity contribution in [2.75, 3.05) is 11.8 Å². The number of rotatable bonds is 7. The molecular weight excluding hydrogens is 397 g/mol. The third-order valence-corrected chi connectivity index (χ3v) is 6.56. The van der Waals surface area contributed by atoms with Gasteiger partial charge in [-0.1, -0.05) is 30.3 Å². The number of ether oxygens (including phenoxy) is 1. The van der Waals surface area contributed by atoms with E-state index in [-0.39, 0.29) is 10.6 Å². The summed E-state index contributed by atoms with van der Waals surface area (Å²) in [4.78, 5) is 1.11. The van der Waals surface area contributed by atoms with Crippen LogP contribution in [0.2, 0.25) is 0 Å². The summed E-state index contributed by atoms with van der Waals surface area (Å²) in [7, 11) is -2.56. The summed E-state index contributed by atoms with van der Waals surface area (Å²) >= 11 is 1.72. The molecule has 0 spiro atoms. The van der Waals surface area contributed by atoms with Gasteiger partial charge >= 0.3 is 0 Å². The Morgan fingerprint density at radius 1 is 1.04 bits per heavy atom. The zero-order valence-corrected chi connectivity index (χ0v) is 17.1. The van der Waals surface area contributed by atoms with Gasteiger partial charge in [-0.05, 0) is 48.4 Å². The highest BCUT2D eigenvalue weighted by molar-refractivity contribution is 7.98. The van der Waals surface area contributed by atoms with Crippen molar-refractivity contribution in [1.82, 2.24) is 0 Å². The summed E-state index contributed by atoms with van der Waals surface area (Å²) in [6.45, 7) is 1.85. The molecule has 3 aromatic carbocycles. The molecule has 0 unspecified atom stereocenters. The number of sulfonamides is 1. The van der Waals surface area contributed by atoms with Gasteiger partial charge < -0.3 is 4.74 Å². The number of benzene rings is 3. The molecule has 146 valence electrons. The Hall–Kier alpha value is -2.51. The zero-order chi connectivity index (χ0) is 20.1. The molecule has 0 aliphatic heterocycles. The molecule has 0 bridgehead atoms. The first-order chi connectivity index (χ1) is 13.4. The second kappa shape index (κ2) is 8.67. The van der Waals surface area contributed by atoms with E-state index in [9.17, 15) is 12.8 Å². The summed E-state index contributed by atoms with van der Waals surface area (Å²) in [5.41, 5.74) is 2.39. The lowest BCUT2D eigenvalue weighted by molar-refractivity contribution is 0.385. The topological polar surface area (TPSA) is 55.4 Å². The number of halogens is 1. The maximum atomic E-state index is 13.5. The molecule has 28 heavy (non-hydrogen) atoms. The molecule has 0 aliphatic rings. The van der Waals surface area contributed by atoms with E-state index in [1.165, 1.54) is 18.1 Å². The Kier molecular flexibility index (Phi) is 6.26. The van der Waals surface area contributed by atoms with E-state index in [2.05, 4.69) is 16.9 Å². The second-order valence-electron chi connectivity index (χ2n) is 6.15. The highest BCUT2D eigenvalue weighted by Gasteiger charge is 2.18. The number of hydrogen-bond acceptors (Lipinski definition) is 4. The molecule has 0 radical (unpaired) electrons. The molecule has 1 N–H and O–H groups in total. The monoisotopic (exact) mass is 417 g/mol. The van der Waals surface area contributed by atoms with Crippen LogP contribution in [0.5, 0.6) is 5.75 Å². The summed E-state index contributed by atoms with van der Waals surface area (Å²) < 4.78 is 46.2. The van der Waals surface area contributed by atoms with Gasteiger partial charge in [0.1, 0.15) is 0 Å². The molecule has 0 saturated carbocycles. The van der Waals surface area contributed by atoms with Crippen LogP contribution in [0.25, 0.3) is 0 Å². The Bertz CT molecular complexity index is 1070. The van der Waals surface area contributed by atoms with Gasteiger partial charge in [-0.3, -0.25) is 4.72 Å². The summed E-state index contributed by atoms with van der Waals surface area (Å²) in [5.74, 6) is 0.0540. The van der Waals surface area contributed by atoms with E-state index in [0.717, 1.165) is 29.0 Å². The molecule has 3 aromatic rings. The lowest BCUT2D eigenvalue weighted by Crippen LogP contribution is -2.14. The minimum absolute atomic E-state index is 0.0612. The van der Waals surface area contributed by atoms with Crippen LogP contribution >= 0.6 is 11.8 Å². The molecule has 3 rings (SSSR count). The van der Waals surface area contributed by atoms with Gasteiger partial charge in [0, 0.05) is 16.7 Å². The quantitative estimate of drug-likeness (QED) is 0.535. The molecule has 0 heterocycles. The number of anilines is 1. The van der Waals surface area contributed by atoms with Gasteiger partial charge in [-0.15, -0.1) is 11.8 Å². The maximum absolute atomic E-state index is 13.5. The molecule has 0 fully saturated rings. The van der Waals surface area contributed by atoms with Crippen molar-refractivity contribution >= 4 is 27.5 Å². The smallest absolute Gasteiger partial charge is 0.262 e. The van der Waals surface area contributed by atoms with Crippen LogP contribution in [0.3, 0.4) is 0 Å². The van der Waals surface area contributed by atoms with Crippen LogP contribution in [0, 0.1) is 12.7 Å². The Balaban J connectivity index is 1.75. The Labute approximate surface area is 168 Å². The molecular formula is C21H20FNO3S2.